The van der Waals surface area contributed by atoms with Gasteiger partial charge in [0.1, 0.15) is 24.6 Å². The summed E-state index contributed by atoms with van der Waals surface area (Å²) < 4.78 is 12.7. The van der Waals surface area contributed by atoms with E-state index in [9.17, 15) is 14.7 Å². The molecule has 1 spiro atoms. The number of ether oxygens (including phenoxy) is 2. The van der Waals surface area contributed by atoms with E-state index in [4.69, 9.17) is 9.47 Å². The maximum Gasteiger partial charge on any atom is 0.336 e. The Hall–Kier alpha value is -3.29. The van der Waals surface area contributed by atoms with E-state index in [-0.39, 0.29) is 30.6 Å². The van der Waals surface area contributed by atoms with Crippen LogP contribution in [0.15, 0.2) is 30.0 Å². The summed E-state index contributed by atoms with van der Waals surface area (Å²) in [5.74, 6) is 0.00650. The van der Waals surface area contributed by atoms with E-state index >= 15 is 0 Å². The summed E-state index contributed by atoms with van der Waals surface area (Å²) in [5, 5.41) is 21.8. The molecule has 2 unspecified atom stereocenters. The minimum Gasteiger partial charge on any atom is -0.456 e. The third kappa shape index (κ3) is 3.70. The second kappa shape index (κ2) is 8.43. The van der Waals surface area contributed by atoms with Crippen molar-refractivity contribution in [2.45, 2.75) is 56.4 Å². The summed E-state index contributed by atoms with van der Waals surface area (Å²) in [6, 6.07) is 0.217. The van der Waals surface area contributed by atoms with E-state index in [0.717, 1.165) is 12.8 Å². The molecule has 0 saturated carbocycles. The number of aliphatic hydroxyl groups excluding tert-OH is 1. The quantitative estimate of drug-likeness (QED) is 0.552. The van der Waals surface area contributed by atoms with Crippen molar-refractivity contribution in [1.82, 2.24) is 40.0 Å². The van der Waals surface area contributed by atoms with Crippen LogP contribution in [0.25, 0.3) is 5.82 Å². The molecule has 13 nitrogen and oxygen atoms in total. The topological polar surface area (TPSA) is 149 Å². The largest absolute Gasteiger partial charge is 0.456 e. The van der Waals surface area contributed by atoms with Crippen LogP contribution in [0, 0.1) is 0 Å². The van der Waals surface area contributed by atoms with Gasteiger partial charge in [-0.05, 0) is 30.2 Å². The first kappa shape index (κ1) is 22.2. The van der Waals surface area contributed by atoms with Gasteiger partial charge >= 0.3 is 5.97 Å². The van der Waals surface area contributed by atoms with Crippen LogP contribution >= 0.6 is 0 Å². The number of carbonyl (C=O) groups is 2. The summed E-state index contributed by atoms with van der Waals surface area (Å²) in [6.07, 6.45) is 6.62. The lowest BCUT2D eigenvalue weighted by Crippen LogP contribution is -2.63. The number of tetrazole rings is 1. The summed E-state index contributed by atoms with van der Waals surface area (Å²) in [4.78, 5) is 38.1. The summed E-state index contributed by atoms with van der Waals surface area (Å²) in [5.41, 5.74) is 0.700. The van der Waals surface area contributed by atoms with Crippen LogP contribution in [0.5, 0.6) is 0 Å². The van der Waals surface area contributed by atoms with Gasteiger partial charge < -0.3 is 19.5 Å². The zero-order valence-electron chi connectivity index (χ0n) is 19.3. The van der Waals surface area contributed by atoms with Crippen molar-refractivity contribution in [2.24, 2.45) is 0 Å². The second-order valence-corrected chi connectivity index (χ2v) is 9.51. The molecule has 0 radical (unpaired) electrons. The maximum absolute atomic E-state index is 13.6. The highest BCUT2D eigenvalue weighted by atomic mass is 16.5. The number of morpholine rings is 1. The number of piperidine rings is 1. The number of aromatic nitrogens is 6. The van der Waals surface area contributed by atoms with Crippen molar-refractivity contribution in [3.05, 3.63) is 35.7 Å². The Morgan fingerprint density at radius 3 is 2.63 bits per heavy atom. The van der Waals surface area contributed by atoms with E-state index in [2.05, 4.69) is 30.4 Å². The van der Waals surface area contributed by atoms with Crippen LogP contribution in [-0.2, 0) is 19.1 Å². The van der Waals surface area contributed by atoms with E-state index in [1.165, 1.54) is 23.4 Å². The number of rotatable bonds is 5. The third-order valence-electron chi connectivity index (χ3n) is 7.60. The first-order valence-corrected chi connectivity index (χ1v) is 11.8. The fourth-order valence-electron chi connectivity index (χ4n) is 5.82. The van der Waals surface area contributed by atoms with Gasteiger partial charge in [0.15, 0.2) is 5.82 Å². The number of esters is 1. The van der Waals surface area contributed by atoms with E-state index in [1.807, 2.05) is 0 Å². The van der Waals surface area contributed by atoms with Crippen LogP contribution in [0.4, 0.5) is 0 Å². The Balaban J connectivity index is 1.16. The first-order valence-electron chi connectivity index (χ1n) is 11.8. The second-order valence-electron chi connectivity index (χ2n) is 9.51. The lowest BCUT2D eigenvalue weighted by Gasteiger charge is -2.49. The monoisotopic (exact) mass is 482 g/mol. The number of amides is 1. The minimum absolute atomic E-state index is 0.0856. The molecule has 6 heterocycles. The average Bonchev–Trinajstić information content (AvgIpc) is 3.57. The molecule has 3 saturated heterocycles. The van der Waals surface area contributed by atoms with Gasteiger partial charge in [-0.2, -0.15) is 4.68 Å². The molecule has 1 amide bonds. The van der Waals surface area contributed by atoms with Gasteiger partial charge in [-0.1, -0.05) is 0 Å². The first-order chi connectivity index (χ1) is 16.9. The van der Waals surface area contributed by atoms with Crippen molar-refractivity contribution < 1.29 is 24.2 Å². The van der Waals surface area contributed by atoms with Crippen LogP contribution in [0.3, 0.4) is 0 Å². The number of aliphatic hydroxyl groups is 1. The molecule has 6 rings (SSSR count). The highest BCUT2D eigenvalue weighted by molar-refractivity contribution is 5.94. The number of hydrogen-bond acceptors (Lipinski definition) is 11. The number of nitrogens with zero attached hydrogens (tertiary/aromatic N) is 8. The molecule has 184 valence electrons. The summed E-state index contributed by atoms with van der Waals surface area (Å²) in [6.45, 7) is 3.06. The molecule has 3 fully saturated rings. The molecular weight excluding hydrogens is 456 g/mol. The molecular formula is C22H26N8O5. The standard InChI is InChI=1S/C22H26N8O5/c1-13-17(11-34-20(13)32)28-4-5-35-22(21(28)33)6-14-2-3-15(7-22)29(14)10-18(31)16-8-24-19(9-23-16)30-12-25-26-27-30/h8-9,12,14-15,18,31H,2-7,10-11H2,1H3/t14-,15+,18?,22?. The lowest BCUT2D eigenvalue weighted by molar-refractivity contribution is -0.182. The SMILES string of the molecule is CC1=C(N2CCOC3(C[C@H]4CC[C@@H](C3)N4CC(O)c3cnc(-n4cnnn4)cn3)C2=O)COC1=O. The number of hydrogen-bond donors (Lipinski definition) is 1. The van der Waals surface area contributed by atoms with Gasteiger partial charge in [0.05, 0.1) is 36.0 Å². The molecule has 2 bridgehead atoms. The highest BCUT2D eigenvalue weighted by Crippen LogP contribution is 2.45. The molecule has 1 N–H and O–H groups in total. The zero-order valence-corrected chi connectivity index (χ0v) is 19.3. The van der Waals surface area contributed by atoms with Crippen LogP contribution in [-0.4, -0.2) is 101 Å². The number of carbonyl (C=O) groups excluding carboxylic acids is 2. The van der Waals surface area contributed by atoms with E-state index in [0.29, 0.717) is 55.3 Å². The normalized spacial score (nSPS) is 29.8. The fraction of sp³-hybridized carbons (Fsp3) is 0.591. The Morgan fingerprint density at radius 2 is 2.00 bits per heavy atom. The molecule has 35 heavy (non-hydrogen) atoms. The minimum atomic E-state index is -0.905. The Labute approximate surface area is 200 Å². The number of fused-ring (bicyclic) bond motifs is 2. The van der Waals surface area contributed by atoms with Gasteiger partial charge in [0.25, 0.3) is 5.91 Å². The molecule has 0 aromatic carbocycles. The predicted molar refractivity (Wildman–Crippen MR) is 117 cm³/mol. The van der Waals surface area contributed by atoms with Crippen molar-refractivity contribution in [3.8, 4) is 5.82 Å². The maximum atomic E-state index is 13.6. The Bertz CT molecular complexity index is 1150. The van der Waals surface area contributed by atoms with Crippen LogP contribution < -0.4 is 0 Å². The molecule has 4 aliphatic heterocycles. The van der Waals surface area contributed by atoms with Crippen molar-refractivity contribution in [2.75, 3.05) is 26.3 Å². The van der Waals surface area contributed by atoms with Crippen LogP contribution in [0.2, 0.25) is 0 Å². The van der Waals surface area contributed by atoms with Gasteiger partial charge in [0, 0.05) is 38.0 Å². The van der Waals surface area contributed by atoms with Gasteiger partial charge in [-0.3, -0.25) is 14.7 Å². The molecule has 0 aliphatic carbocycles. The Kier molecular flexibility index (Phi) is 5.34. The molecule has 4 atom stereocenters. The molecule has 13 heteroatoms. The van der Waals surface area contributed by atoms with Gasteiger partial charge in [0.2, 0.25) is 0 Å². The fourth-order valence-corrected chi connectivity index (χ4v) is 5.82. The van der Waals surface area contributed by atoms with E-state index < -0.39 is 11.7 Å². The van der Waals surface area contributed by atoms with Crippen LogP contribution in [0.1, 0.15) is 44.4 Å². The van der Waals surface area contributed by atoms with E-state index in [1.54, 1.807) is 11.8 Å². The van der Waals surface area contributed by atoms with Gasteiger partial charge in [-0.25, -0.2) is 9.78 Å². The Morgan fingerprint density at radius 1 is 1.20 bits per heavy atom. The van der Waals surface area contributed by atoms with Gasteiger partial charge in [-0.15, -0.1) is 5.10 Å². The number of cyclic esters (lactones) is 1. The molecule has 2 aromatic rings. The average molecular weight is 483 g/mol. The predicted octanol–water partition coefficient (Wildman–Crippen LogP) is -0.459. The summed E-state index contributed by atoms with van der Waals surface area (Å²) >= 11 is 0. The van der Waals surface area contributed by atoms with Crippen molar-refractivity contribution in [3.63, 3.8) is 0 Å². The molecule has 4 aliphatic rings. The van der Waals surface area contributed by atoms with Crippen molar-refractivity contribution >= 4 is 11.9 Å². The highest BCUT2D eigenvalue weighted by Gasteiger charge is 2.56. The lowest BCUT2D eigenvalue weighted by atomic mass is 9.83. The zero-order chi connectivity index (χ0) is 24.2. The smallest absolute Gasteiger partial charge is 0.336 e. The third-order valence-corrected chi connectivity index (χ3v) is 7.60. The molecule has 2 aromatic heterocycles. The van der Waals surface area contributed by atoms with Crippen molar-refractivity contribution in [1.29, 1.82) is 0 Å². The summed E-state index contributed by atoms with van der Waals surface area (Å²) in [7, 11) is 0.